The molecule has 1 aromatic carbocycles. The summed E-state index contributed by atoms with van der Waals surface area (Å²) >= 11 is 3.41. The van der Waals surface area contributed by atoms with Gasteiger partial charge in [-0.1, -0.05) is 15.9 Å². The van der Waals surface area contributed by atoms with Gasteiger partial charge in [0.25, 0.3) is 0 Å². The van der Waals surface area contributed by atoms with Crippen LogP contribution in [0.4, 0.5) is 4.39 Å². The molecule has 17 heavy (non-hydrogen) atoms. The molecule has 0 saturated heterocycles. The average molecular weight is 302 g/mol. The number of aliphatic hydroxyl groups excluding tert-OH is 1. The molecule has 2 unspecified atom stereocenters. The highest BCUT2D eigenvalue weighted by atomic mass is 79.9. The van der Waals surface area contributed by atoms with Crippen LogP contribution >= 0.6 is 15.9 Å². The number of hydrogen-bond donors (Lipinski definition) is 2. The molecule has 1 saturated carbocycles. The van der Waals surface area contributed by atoms with Crippen molar-refractivity contribution in [2.75, 3.05) is 6.54 Å². The van der Waals surface area contributed by atoms with Gasteiger partial charge < -0.3 is 10.4 Å². The second-order valence-electron chi connectivity index (χ2n) is 4.70. The first-order valence-electron chi connectivity index (χ1n) is 5.98. The summed E-state index contributed by atoms with van der Waals surface area (Å²) in [5.41, 5.74) is 0.934. The Bertz CT molecular complexity index is 386. The van der Waals surface area contributed by atoms with Crippen molar-refractivity contribution >= 4 is 15.9 Å². The quantitative estimate of drug-likeness (QED) is 0.896. The van der Waals surface area contributed by atoms with Crippen LogP contribution in [0.15, 0.2) is 22.7 Å². The number of rotatable bonds is 4. The van der Waals surface area contributed by atoms with E-state index in [-0.39, 0.29) is 11.9 Å². The minimum absolute atomic E-state index is 0.122. The Morgan fingerprint density at radius 3 is 2.94 bits per heavy atom. The fourth-order valence-electron chi connectivity index (χ4n) is 2.32. The third-order valence-electron chi connectivity index (χ3n) is 3.27. The van der Waals surface area contributed by atoms with Gasteiger partial charge in [-0.25, -0.2) is 4.39 Å². The second-order valence-corrected chi connectivity index (χ2v) is 5.55. The van der Waals surface area contributed by atoms with E-state index >= 15 is 0 Å². The molecule has 0 bridgehead atoms. The lowest BCUT2D eigenvalue weighted by atomic mass is 10.1. The molecule has 0 heterocycles. The average Bonchev–Trinajstić information content (AvgIpc) is 2.69. The Labute approximate surface area is 109 Å². The van der Waals surface area contributed by atoms with E-state index in [1.165, 1.54) is 6.07 Å². The van der Waals surface area contributed by atoms with E-state index in [1.54, 1.807) is 12.1 Å². The highest BCUT2D eigenvalue weighted by Crippen LogP contribution is 2.25. The topological polar surface area (TPSA) is 32.3 Å². The van der Waals surface area contributed by atoms with E-state index < -0.39 is 0 Å². The Kier molecular flexibility index (Phi) is 4.54. The lowest BCUT2D eigenvalue weighted by molar-refractivity contribution is 0.177. The highest BCUT2D eigenvalue weighted by molar-refractivity contribution is 9.10. The van der Waals surface area contributed by atoms with E-state index in [0.29, 0.717) is 12.5 Å². The molecule has 1 fully saturated rings. The molecule has 0 aliphatic heterocycles. The molecular formula is C13H17BrFNO. The van der Waals surface area contributed by atoms with Crippen molar-refractivity contribution < 1.29 is 9.50 Å². The van der Waals surface area contributed by atoms with Crippen LogP contribution in [0, 0.1) is 11.7 Å². The van der Waals surface area contributed by atoms with E-state index in [0.717, 1.165) is 35.8 Å². The van der Waals surface area contributed by atoms with Gasteiger partial charge in [-0.3, -0.25) is 0 Å². The molecule has 2 nitrogen and oxygen atoms in total. The van der Waals surface area contributed by atoms with Crippen LogP contribution < -0.4 is 5.32 Å². The molecule has 2 atom stereocenters. The molecule has 1 aromatic rings. The standard InChI is InChI=1S/C13H17BrFNO/c14-13-4-2-11(15)6-10(13)8-16-7-9-1-3-12(17)5-9/h2,4,6,9,12,16-17H,1,3,5,7-8H2. The zero-order chi connectivity index (χ0) is 12.3. The molecule has 0 spiro atoms. The first-order valence-corrected chi connectivity index (χ1v) is 6.77. The summed E-state index contributed by atoms with van der Waals surface area (Å²) in [5, 5.41) is 12.7. The van der Waals surface area contributed by atoms with Gasteiger partial charge >= 0.3 is 0 Å². The fraction of sp³-hybridized carbons (Fsp3) is 0.538. The van der Waals surface area contributed by atoms with Crippen molar-refractivity contribution in [2.45, 2.75) is 31.9 Å². The number of nitrogens with one attached hydrogen (secondary N) is 1. The minimum Gasteiger partial charge on any atom is -0.393 e. The van der Waals surface area contributed by atoms with E-state index in [2.05, 4.69) is 21.2 Å². The predicted octanol–water partition coefficient (Wildman–Crippen LogP) is 2.84. The molecule has 0 radical (unpaired) electrons. The molecule has 2 rings (SSSR count). The van der Waals surface area contributed by atoms with Crippen LogP contribution in [-0.4, -0.2) is 17.8 Å². The van der Waals surface area contributed by atoms with Gasteiger partial charge in [0, 0.05) is 11.0 Å². The van der Waals surface area contributed by atoms with Crippen LogP contribution in [0.3, 0.4) is 0 Å². The second kappa shape index (κ2) is 5.94. The molecule has 1 aliphatic rings. The van der Waals surface area contributed by atoms with Gasteiger partial charge in [0.05, 0.1) is 6.10 Å². The normalized spacial score (nSPS) is 24.2. The van der Waals surface area contributed by atoms with Gasteiger partial charge in [-0.05, 0) is 55.5 Å². The fourth-order valence-corrected chi connectivity index (χ4v) is 2.71. The van der Waals surface area contributed by atoms with Crippen molar-refractivity contribution in [3.8, 4) is 0 Å². The number of halogens is 2. The van der Waals surface area contributed by atoms with Crippen LogP contribution in [0.5, 0.6) is 0 Å². The summed E-state index contributed by atoms with van der Waals surface area (Å²) in [6.07, 6.45) is 2.76. The first kappa shape index (κ1) is 13.0. The summed E-state index contributed by atoms with van der Waals surface area (Å²) in [6.45, 7) is 1.55. The van der Waals surface area contributed by atoms with Crippen molar-refractivity contribution in [3.05, 3.63) is 34.1 Å². The number of hydrogen-bond acceptors (Lipinski definition) is 2. The van der Waals surface area contributed by atoms with E-state index in [1.807, 2.05) is 0 Å². The summed E-state index contributed by atoms with van der Waals surface area (Å²) in [7, 11) is 0. The van der Waals surface area contributed by atoms with Crippen molar-refractivity contribution in [1.82, 2.24) is 5.32 Å². The highest BCUT2D eigenvalue weighted by Gasteiger charge is 2.22. The molecule has 1 aliphatic carbocycles. The Morgan fingerprint density at radius 2 is 2.24 bits per heavy atom. The minimum atomic E-state index is -0.207. The maximum Gasteiger partial charge on any atom is 0.123 e. The molecule has 2 N–H and O–H groups in total. The zero-order valence-corrected chi connectivity index (χ0v) is 11.2. The van der Waals surface area contributed by atoms with Crippen molar-refractivity contribution in [3.63, 3.8) is 0 Å². The SMILES string of the molecule is OC1CCC(CNCc2cc(F)ccc2Br)C1. The van der Waals surface area contributed by atoms with Crippen molar-refractivity contribution in [1.29, 1.82) is 0 Å². The lowest BCUT2D eigenvalue weighted by Gasteiger charge is -2.11. The smallest absolute Gasteiger partial charge is 0.123 e. The molecular weight excluding hydrogens is 285 g/mol. The lowest BCUT2D eigenvalue weighted by Crippen LogP contribution is -2.21. The van der Waals surface area contributed by atoms with Gasteiger partial charge in [0.1, 0.15) is 5.82 Å². The molecule has 4 heteroatoms. The summed E-state index contributed by atoms with van der Waals surface area (Å²) in [6, 6.07) is 4.72. The van der Waals surface area contributed by atoms with Gasteiger partial charge in [0.2, 0.25) is 0 Å². The Hall–Kier alpha value is -0.450. The summed E-state index contributed by atoms with van der Waals surface area (Å²) in [5.74, 6) is 0.346. The third-order valence-corrected chi connectivity index (χ3v) is 4.04. The van der Waals surface area contributed by atoms with Crippen LogP contribution in [0.2, 0.25) is 0 Å². The predicted molar refractivity (Wildman–Crippen MR) is 69.2 cm³/mol. The van der Waals surface area contributed by atoms with Crippen LogP contribution in [0.1, 0.15) is 24.8 Å². The number of aliphatic hydroxyl groups is 1. The van der Waals surface area contributed by atoms with E-state index in [9.17, 15) is 9.50 Å². The molecule has 0 amide bonds. The Morgan fingerprint density at radius 1 is 1.41 bits per heavy atom. The zero-order valence-electron chi connectivity index (χ0n) is 9.63. The third kappa shape index (κ3) is 3.76. The summed E-state index contributed by atoms with van der Waals surface area (Å²) < 4.78 is 14.0. The maximum atomic E-state index is 13.0. The van der Waals surface area contributed by atoms with Gasteiger partial charge in [-0.2, -0.15) is 0 Å². The van der Waals surface area contributed by atoms with Gasteiger partial charge in [-0.15, -0.1) is 0 Å². The molecule has 94 valence electrons. The molecule has 0 aromatic heterocycles. The maximum absolute atomic E-state index is 13.0. The Balaban J connectivity index is 1.80. The van der Waals surface area contributed by atoms with E-state index in [4.69, 9.17) is 0 Å². The summed E-state index contributed by atoms with van der Waals surface area (Å²) in [4.78, 5) is 0. The first-order chi connectivity index (χ1) is 8.15. The number of benzene rings is 1. The van der Waals surface area contributed by atoms with Crippen LogP contribution in [-0.2, 0) is 6.54 Å². The van der Waals surface area contributed by atoms with Crippen molar-refractivity contribution in [2.24, 2.45) is 5.92 Å². The monoisotopic (exact) mass is 301 g/mol. The largest absolute Gasteiger partial charge is 0.393 e. The van der Waals surface area contributed by atoms with Crippen LogP contribution in [0.25, 0.3) is 0 Å². The van der Waals surface area contributed by atoms with Gasteiger partial charge in [0.15, 0.2) is 0 Å².